The van der Waals surface area contributed by atoms with Gasteiger partial charge in [0.25, 0.3) is 0 Å². The first-order chi connectivity index (χ1) is 18.4. The van der Waals surface area contributed by atoms with Crippen LogP contribution in [0.3, 0.4) is 0 Å². The predicted octanol–water partition coefficient (Wildman–Crippen LogP) is 0.0525. The molecule has 1 aliphatic carbocycles. The summed E-state index contributed by atoms with van der Waals surface area (Å²) >= 11 is 0. The first-order valence-corrected chi connectivity index (χ1v) is 12.2. The van der Waals surface area contributed by atoms with Crippen molar-refractivity contribution >= 4 is 29.8 Å². The first kappa shape index (κ1) is 30.1. The smallest absolute Gasteiger partial charge is 0.303 e. The van der Waals surface area contributed by atoms with Crippen molar-refractivity contribution in [2.75, 3.05) is 13.2 Å². The summed E-state index contributed by atoms with van der Waals surface area (Å²) in [6, 6.07) is 0. The van der Waals surface area contributed by atoms with Crippen molar-refractivity contribution in [2.24, 2.45) is 11.8 Å². The number of esters is 5. The van der Waals surface area contributed by atoms with Gasteiger partial charge in [-0.05, 0) is 17.7 Å². The van der Waals surface area contributed by atoms with Crippen molar-refractivity contribution in [2.45, 2.75) is 77.7 Å². The zero-order valence-corrected chi connectivity index (χ0v) is 22.1. The van der Waals surface area contributed by atoms with Gasteiger partial charge < -0.3 is 43.0 Å². The monoisotopic (exact) mass is 556 g/mol. The van der Waals surface area contributed by atoms with Gasteiger partial charge in [-0.3, -0.25) is 24.0 Å². The van der Waals surface area contributed by atoms with Gasteiger partial charge in [-0.15, -0.1) is 0 Å². The molecule has 9 atom stereocenters. The number of hydrogen-bond acceptors (Lipinski definition) is 14. The average molecular weight is 557 g/mol. The van der Waals surface area contributed by atoms with Gasteiger partial charge >= 0.3 is 29.8 Å². The molecule has 1 saturated heterocycles. The van der Waals surface area contributed by atoms with Crippen LogP contribution in [0.1, 0.15) is 34.6 Å². The van der Waals surface area contributed by atoms with Crippen molar-refractivity contribution < 1.29 is 67.0 Å². The van der Waals surface area contributed by atoms with Crippen LogP contribution in [0, 0.1) is 11.8 Å². The molecule has 0 aromatic heterocycles. The number of rotatable bonds is 9. The minimum absolute atomic E-state index is 0.140. The summed E-state index contributed by atoms with van der Waals surface area (Å²) in [7, 11) is 0. The van der Waals surface area contributed by atoms with Gasteiger partial charge in [0.1, 0.15) is 31.5 Å². The molecular formula is C25H32O14. The molecular weight excluding hydrogens is 524 g/mol. The molecule has 0 amide bonds. The third-order valence-corrected chi connectivity index (χ3v) is 6.09. The lowest BCUT2D eigenvalue weighted by atomic mass is 9.88. The molecule has 39 heavy (non-hydrogen) atoms. The molecule has 1 N–H and O–H groups in total. The Morgan fingerprint density at radius 3 is 2.03 bits per heavy atom. The highest BCUT2D eigenvalue weighted by Gasteiger charge is 2.53. The molecule has 0 spiro atoms. The maximum atomic E-state index is 11.8. The van der Waals surface area contributed by atoms with Crippen molar-refractivity contribution in [3.05, 3.63) is 24.0 Å². The summed E-state index contributed by atoms with van der Waals surface area (Å²) in [5.41, 5.74) is 0.534. The van der Waals surface area contributed by atoms with Crippen LogP contribution in [0.2, 0.25) is 0 Å². The fraction of sp³-hybridized carbons (Fsp3) is 0.640. The molecule has 0 aromatic carbocycles. The highest BCUT2D eigenvalue weighted by Crippen LogP contribution is 2.42. The molecule has 14 nitrogen and oxygen atoms in total. The van der Waals surface area contributed by atoms with Crippen LogP contribution in [0.4, 0.5) is 0 Å². The Hall–Kier alpha value is -3.49. The average Bonchev–Trinajstić information content (AvgIpc) is 3.18. The largest absolute Gasteiger partial charge is 0.472 e. The van der Waals surface area contributed by atoms with E-state index in [1.807, 2.05) is 0 Å². The molecule has 2 aliphatic heterocycles. The SMILES string of the molecule is CC(=O)OCC1=C[C@H](OC(C)=O)[C@@H]2C=CO[C@H](O[C@@H]3O[C@H](COC(C)=O)[C@@H](OC(C)=O)[C@H](OC(C)=O)[C@H]3O)[C@@H]12. The first-order valence-electron chi connectivity index (χ1n) is 12.2. The number of ether oxygens (including phenoxy) is 8. The van der Waals surface area contributed by atoms with Crippen LogP contribution >= 0.6 is 0 Å². The van der Waals surface area contributed by atoms with Gasteiger partial charge in [-0.25, -0.2) is 0 Å². The Kier molecular flexibility index (Phi) is 10.1. The lowest BCUT2D eigenvalue weighted by Crippen LogP contribution is -2.62. The fourth-order valence-corrected chi connectivity index (χ4v) is 4.65. The molecule has 0 saturated carbocycles. The second-order valence-electron chi connectivity index (χ2n) is 9.15. The number of fused-ring (bicyclic) bond motifs is 1. The molecule has 0 bridgehead atoms. The Bertz CT molecular complexity index is 1020. The maximum Gasteiger partial charge on any atom is 0.303 e. The Balaban J connectivity index is 1.88. The number of carbonyl (C=O) groups is 5. The molecule has 3 aliphatic rings. The van der Waals surface area contributed by atoms with E-state index in [-0.39, 0.29) is 6.61 Å². The van der Waals surface area contributed by atoms with Crippen LogP contribution in [0.15, 0.2) is 24.0 Å². The third kappa shape index (κ3) is 7.77. The molecule has 14 heteroatoms. The maximum absolute atomic E-state index is 11.8. The van der Waals surface area contributed by atoms with E-state index in [2.05, 4.69) is 0 Å². The second-order valence-corrected chi connectivity index (χ2v) is 9.15. The number of hydrogen-bond donors (Lipinski definition) is 1. The van der Waals surface area contributed by atoms with Crippen LogP contribution < -0.4 is 0 Å². The van der Waals surface area contributed by atoms with Crippen molar-refractivity contribution in [1.29, 1.82) is 0 Å². The summed E-state index contributed by atoms with van der Waals surface area (Å²) in [6.07, 6.45) is -4.41. The summed E-state index contributed by atoms with van der Waals surface area (Å²) in [6.45, 7) is 5.32. The van der Waals surface area contributed by atoms with E-state index in [0.717, 1.165) is 20.8 Å². The topological polar surface area (TPSA) is 179 Å². The summed E-state index contributed by atoms with van der Waals surface area (Å²) in [4.78, 5) is 58.2. The van der Waals surface area contributed by atoms with E-state index in [4.69, 9.17) is 37.9 Å². The third-order valence-electron chi connectivity index (χ3n) is 6.09. The molecule has 0 radical (unpaired) electrons. The van der Waals surface area contributed by atoms with Gasteiger partial charge in [0.15, 0.2) is 18.5 Å². The van der Waals surface area contributed by atoms with Gasteiger partial charge in [0.05, 0.1) is 12.2 Å². The van der Waals surface area contributed by atoms with E-state index < -0.39 is 91.4 Å². The van der Waals surface area contributed by atoms with Crippen LogP contribution in [-0.2, 0) is 61.9 Å². The normalized spacial score (nSPS) is 33.1. The number of aliphatic hydroxyl groups is 1. The van der Waals surface area contributed by atoms with Gasteiger partial charge in [-0.1, -0.05) is 0 Å². The second kappa shape index (κ2) is 13.0. The van der Waals surface area contributed by atoms with Crippen molar-refractivity contribution in [3.8, 4) is 0 Å². The molecule has 216 valence electrons. The van der Waals surface area contributed by atoms with E-state index in [1.165, 1.54) is 20.1 Å². The quantitative estimate of drug-likeness (QED) is 0.229. The Morgan fingerprint density at radius 2 is 1.44 bits per heavy atom. The zero-order valence-electron chi connectivity index (χ0n) is 22.1. The number of aliphatic hydroxyl groups excluding tert-OH is 1. The van der Waals surface area contributed by atoms with Crippen molar-refractivity contribution in [1.82, 2.24) is 0 Å². The minimum Gasteiger partial charge on any atom is -0.472 e. The van der Waals surface area contributed by atoms with E-state index in [9.17, 15) is 29.1 Å². The summed E-state index contributed by atoms with van der Waals surface area (Å²) < 4.78 is 43.6. The highest BCUT2D eigenvalue weighted by atomic mass is 16.8. The standard InChI is InChI=1S/C25H32O14/c1-11(26)33-9-16-8-18(35-13(3)28)17-6-7-32-24(20(16)17)39-25-21(31)23(37-15(5)30)22(36-14(4)29)19(38-25)10-34-12(2)27/h6-8,17-25,31H,9-10H2,1-5H3/t17-,18-,19+,20-,21+,22+,23+,24+,25-/m0/s1. The molecule has 3 rings (SSSR count). The number of carbonyl (C=O) groups excluding carboxylic acids is 5. The summed E-state index contributed by atoms with van der Waals surface area (Å²) in [5, 5.41) is 11.1. The Morgan fingerprint density at radius 1 is 0.821 bits per heavy atom. The lowest BCUT2D eigenvalue weighted by molar-refractivity contribution is -0.341. The molecule has 0 unspecified atom stereocenters. The summed E-state index contributed by atoms with van der Waals surface area (Å²) in [5.74, 6) is -4.36. The van der Waals surface area contributed by atoms with Gasteiger partial charge in [0, 0.05) is 40.5 Å². The van der Waals surface area contributed by atoms with Crippen LogP contribution in [0.5, 0.6) is 0 Å². The van der Waals surface area contributed by atoms with Crippen LogP contribution in [0.25, 0.3) is 0 Å². The van der Waals surface area contributed by atoms with Crippen LogP contribution in [-0.4, -0.2) is 91.3 Å². The van der Waals surface area contributed by atoms with E-state index >= 15 is 0 Å². The molecule has 1 fully saturated rings. The van der Waals surface area contributed by atoms with E-state index in [1.54, 1.807) is 12.2 Å². The minimum atomic E-state index is -1.67. The predicted molar refractivity (Wildman–Crippen MR) is 125 cm³/mol. The van der Waals surface area contributed by atoms with E-state index in [0.29, 0.717) is 5.57 Å². The highest BCUT2D eigenvalue weighted by molar-refractivity contribution is 5.68. The van der Waals surface area contributed by atoms with Gasteiger partial charge in [-0.2, -0.15) is 0 Å². The van der Waals surface area contributed by atoms with Crippen molar-refractivity contribution in [3.63, 3.8) is 0 Å². The zero-order chi connectivity index (χ0) is 28.9. The molecule has 2 heterocycles. The molecule has 0 aromatic rings. The fourth-order valence-electron chi connectivity index (χ4n) is 4.65. The van der Waals surface area contributed by atoms with Gasteiger partial charge in [0.2, 0.25) is 6.29 Å². The lowest BCUT2D eigenvalue weighted by Gasteiger charge is -2.44. The Labute approximate surface area is 224 Å².